The van der Waals surface area contributed by atoms with E-state index in [1.54, 1.807) is 12.8 Å². The Morgan fingerprint density at radius 1 is 0.923 bits per heavy atom. The van der Waals surface area contributed by atoms with E-state index in [4.69, 9.17) is 0 Å². The molecule has 1 heterocycles. The van der Waals surface area contributed by atoms with Crippen LogP contribution in [0.1, 0.15) is 51.4 Å². The van der Waals surface area contributed by atoms with Gasteiger partial charge < -0.3 is 5.32 Å². The fraction of sp³-hybridized carbons (Fsp3) is 1.00. The monoisotopic (exact) mass is 179 g/mol. The number of rotatable bonds is 0. The first-order chi connectivity index (χ1) is 6.41. The normalized spacial score (nSPS) is 42.5. The van der Waals surface area contributed by atoms with Crippen molar-refractivity contribution in [1.82, 2.24) is 5.32 Å². The van der Waals surface area contributed by atoms with Gasteiger partial charge in [0.25, 0.3) is 0 Å². The Labute approximate surface area is 81.3 Å². The van der Waals surface area contributed by atoms with Crippen molar-refractivity contribution >= 4 is 0 Å². The number of fused-ring (bicyclic) bond motifs is 2. The van der Waals surface area contributed by atoms with E-state index in [0.29, 0.717) is 0 Å². The van der Waals surface area contributed by atoms with Crippen LogP contribution in [0.2, 0.25) is 0 Å². The second-order valence-electron chi connectivity index (χ2n) is 5.42. The maximum absolute atomic E-state index is 3.69. The van der Waals surface area contributed by atoms with Crippen molar-refractivity contribution in [2.75, 3.05) is 6.54 Å². The predicted molar refractivity (Wildman–Crippen MR) is 54.6 cm³/mol. The van der Waals surface area contributed by atoms with E-state index in [1.807, 2.05) is 0 Å². The number of nitrogens with one attached hydrogen (secondary N) is 1. The maximum Gasteiger partial charge on any atom is 0.0101 e. The summed E-state index contributed by atoms with van der Waals surface area (Å²) in [5.41, 5.74) is 0.812. The first kappa shape index (κ1) is 8.28. The highest BCUT2D eigenvalue weighted by Crippen LogP contribution is 2.54. The van der Waals surface area contributed by atoms with Crippen molar-refractivity contribution in [3.8, 4) is 0 Å². The molecule has 1 saturated heterocycles. The van der Waals surface area contributed by atoms with Crippen molar-refractivity contribution in [2.45, 2.75) is 57.4 Å². The Morgan fingerprint density at radius 3 is 2.46 bits per heavy atom. The van der Waals surface area contributed by atoms with Crippen molar-refractivity contribution in [2.24, 2.45) is 11.3 Å². The molecule has 1 spiro atoms. The Balaban J connectivity index is 1.78. The van der Waals surface area contributed by atoms with Gasteiger partial charge in [-0.3, -0.25) is 0 Å². The molecule has 1 N–H and O–H groups in total. The van der Waals surface area contributed by atoms with Gasteiger partial charge in [0.15, 0.2) is 0 Å². The minimum atomic E-state index is 0.812. The van der Waals surface area contributed by atoms with E-state index in [0.717, 1.165) is 17.4 Å². The van der Waals surface area contributed by atoms with Crippen molar-refractivity contribution in [3.63, 3.8) is 0 Å². The molecule has 2 unspecified atom stereocenters. The Hall–Kier alpha value is -0.0400. The fourth-order valence-electron chi connectivity index (χ4n) is 4.05. The lowest BCUT2D eigenvalue weighted by molar-refractivity contribution is -0.0265. The molecule has 1 heteroatoms. The zero-order valence-corrected chi connectivity index (χ0v) is 8.52. The summed E-state index contributed by atoms with van der Waals surface area (Å²) in [6.07, 6.45) is 12.1. The van der Waals surface area contributed by atoms with Gasteiger partial charge in [0.05, 0.1) is 0 Å². The van der Waals surface area contributed by atoms with Crippen molar-refractivity contribution in [3.05, 3.63) is 0 Å². The molecule has 1 aliphatic heterocycles. The lowest BCUT2D eigenvalue weighted by Gasteiger charge is -2.56. The van der Waals surface area contributed by atoms with Crippen LogP contribution in [-0.2, 0) is 0 Å². The molecule has 0 amide bonds. The smallest absolute Gasteiger partial charge is 0.0101 e. The summed E-state index contributed by atoms with van der Waals surface area (Å²) in [5, 5.41) is 3.69. The molecule has 0 bridgehead atoms. The van der Waals surface area contributed by atoms with Crippen LogP contribution in [0, 0.1) is 11.3 Å². The zero-order valence-electron chi connectivity index (χ0n) is 8.52. The summed E-state index contributed by atoms with van der Waals surface area (Å²) < 4.78 is 0. The molecule has 74 valence electrons. The summed E-state index contributed by atoms with van der Waals surface area (Å²) in [4.78, 5) is 0. The van der Waals surface area contributed by atoms with Crippen LogP contribution >= 0.6 is 0 Å². The predicted octanol–water partition coefficient (Wildman–Crippen LogP) is 2.71. The average Bonchev–Trinajstić information content (AvgIpc) is 2.10. The molecule has 0 aromatic heterocycles. The van der Waals surface area contributed by atoms with Gasteiger partial charge in [-0.2, -0.15) is 0 Å². The van der Waals surface area contributed by atoms with E-state index in [-0.39, 0.29) is 0 Å². The van der Waals surface area contributed by atoms with Crippen LogP contribution in [-0.4, -0.2) is 12.6 Å². The molecule has 0 aromatic carbocycles. The molecule has 0 aromatic rings. The number of hydrogen-bond acceptors (Lipinski definition) is 1. The Kier molecular flexibility index (Phi) is 1.90. The summed E-state index contributed by atoms with van der Waals surface area (Å²) in [7, 11) is 0. The molecule has 2 aliphatic carbocycles. The topological polar surface area (TPSA) is 12.0 Å². The largest absolute Gasteiger partial charge is 0.314 e. The Bertz CT molecular complexity index is 188. The van der Waals surface area contributed by atoms with Crippen LogP contribution in [0.3, 0.4) is 0 Å². The maximum atomic E-state index is 3.69. The zero-order chi connectivity index (χ0) is 8.73. The van der Waals surface area contributed by atoms with Crippen molar-refractivity contribution in [1.29, 1.82) is 0 Å². The molecule has 3 aliphatic rings. The van der Waals surface area contributed by atoms with Gasteiger partial charge in [-0.1, -0.05) is 19.3 Å². The average molecular weight is 179 g/mol. The molecule has 2 saturated carbocycles. The first-order valence-electron chi connectivity index (χ1n) is 6.14. The van der Waals surface area contributed by atoms with Gasteiger partial charge in [-0.15, -0.1) is 0 Å². The van der Waals surface area contributed by atoms with Gasteiger partial charge in [-0.25, -0.2) is 0 Å². The van der Waals surface area contributed by atoms with Crippen molar-refractivity contribution < 1.29 is 0 Å². The summed E-state index contributed by atoms with van der Waals surface area (Å²) in [6, 6.07) is 0.923. The standard InChI is InChI=1S/C12H21N/c1-2-6-12(7-3-1)8-9-13-11-5-4-10(11)12/h10-11,13H,1-9H2. The molecule has 1 nitrogen and oxygen atoms in total. The highest BCUT2D eigenvalue weighted by molar-refractivity contribution is 5.03. The highest BCUT2D eigenvalue weighted by atomic mass is 15.0. The van der Waals surface area contributed by atoms with E-state index in [1.165, 1.54) is 45.1 Å². The van der Waals surface area contributed by atoms with E-state index >= 15 is 0 Å². The molecule has 3 rings (SSSR count). The van der Waals surface area contributed by atoms with E-state index in [2.05, 4.69) is 5.32 Å². The SMILES string of the molecule is C1CCC2(CC1)CCNC1CCC12. The molecular formula is C12H21N. The molecule has 3 fully saturated rings. The van der Waals surface area contributed by atoms with Gasteiger partial charge >= 0.3 is 0 Å². The summed E-state index contributed by atoms with van der Waals surface area (Å²) in [6.45, 7) is 1.31. The number of hydrogen-bond donors (Lipinski definition) is 1. The number of piperidine rings is 1. The fourth-order valence-corrected chi connectivity index (χ4v) is 4.05. The summed E-state index contributed by atoms with van der Waals surface area (Å²) in [5.74, 6) is 1.07. The molecular weight excluding hydrogens is 158 g/mol. The lowest BCUT2D eigenvalue weighted by atomic mass is 9.54. The third kappa shape index (κ3) is 1.16. The third-order valence-electron chi connectivity index (χ3n) is 4.94. The minimum absolute atomic E-state index is 0.812. The highest BCUT2D eigenvalue weighted by Gasteiger charge is 2.49. The summed E-state index contributed by atoms with van der Waals surface area (Å²) >= 11 is 0. The molecule has 0 radical (unpaired) electrons. The van der Waals surface area contributed by atoms with Crippen LogP contribution in [0.5, 0.6) is 0 Å². The second-order valence-corrected chi connectivity index (χ2v) is 5.42. The second kappa shape index (κ2) is 2.98. The van der Waals surface area contributed by atoms with Crippen LogP contribution < -0.4 is 5.32 Å². The third-order valence-corrected chi connectivity index (χ3v) is 4.94. The van der Waals surface area contributed by atoms with Gasteiger partial charge in [0, 0.05) is 6.04 Å². The van der Waals surface area contributed by atoms with Gasteiger partial charge in [-0.05, 0) is 50.0 Å². The molecule has 2 atom stereocenters. The van der Waals surface area contributed by atoms with Gasteiger partial charge in [0.1, 0.15) is 0 Å². The van der Waals surface area contributed by atoms with E-state index in [9.17, 15) is 0 Å². The quantitative estimate of drug-likeness (QED) is 0.603. The van der Waals surface area contributed by atoms with Crippen LogP contribution in [0.15, 0.2) is 0 Å². The lowest BCUT2D eigenvalue weighted by Crippen LogP contribution is -2.58. The van der Waals surface area contributed by atoms with Crippen LogP contribution in [0.4, 0.5) is 0 Å². The first-order valence-corrected chi connectivity index (χ1v) is 6.14. The molecule has 13 heavy (non-hydrogen) atoms. The van der Waals surface area contributed by atoms with Gasteiger partial charge in [0.2, 0.25) is 0 Å². The van der Waals surface area contributed by atoms with E-state index < -0.39 is 0 Å². The van der Waals surface area contributed by atoms with Crippen LogP contribution in [0.25, 0.3) is 0 Å². The Morgan fingerprint density at radius 2 is 1.77 bits per heavy atom. The minimum Gasteiger partial charge on any atom is -0.314 e.